The summed E-state index contributed by atoms with van der Waals surface area (Å²) in [6.07, 6.45) is 0.625. The molecule has 2 fully saturated rings. The van der Waals surface area contributed by atoms with Crippen LogP contribution in [0.15, 0.2) is 0 Å². The number of carbonyl (C=O) groups excluding carboxylic acids is 1. The van der Waals surface area contributed by atoms with Gasteiger partial charge in [-0.15, -0.1) is 0 Å². The highest BCUT2D eigenvalue weighted by molar-refractivity contribution is 5.68. The molecule has 4 heteroatoms. The molecule has 80 valence electrons. The maximum atomic E-state index is 12.5. The van der Waals surface area contributed by atoms with Gasteiger partial charge in [0.2, 0.25) is 0 Å². The number of nitrogens with zero attached hydrogens (tertiary/aromatic N) is 1. The van der Waals surface area contributed by atoms with Crippen molar-refractivity contribution in [3.8, 4) is 0 Å². The van der Waals surface area contributed by atoms with Crippen molar-refractivity contribution in [1.82, 2.24) is 4.90 Å². The zero-order chi connectivity index (χ0) is 10.1. The topological polar surface area (TPSA) is 29.5 Å². The van der Waals surface area contributed by atoms with E-state index in [1.807, 2.05) is 0 Å². The molecular weight excluding hydrogens is 185 g/mol. The molecule has 1 unspecified atom stereocenters. The Kier molecular flexibility index (Phi) is 2.61. The van der Waals surface area contributed by atoms with Gasteiger partial charge < -0.3 is 9.64 Å². The molecule has 0 aromatic carbocycles. The summed E-state index contributed by atoms with van der Waals surface area (Å²) in [5, 5.41) is 0. The van der Waals surface area contributed by atoms with E-state index in [1.54, 1.807) is 4.90 Å². The van der Waals surface area contributed by atoms with Crippen LogP contribution in [0.5, 0.6) is 0 Å². The summed E-state index contributed by atoms with van der Waals surface area (Å²) in [6.45, 7) is 3.69. The molecule has 1 aliphatic heterocycles. The van der Waals surface area contributed by atoms with E-state index in [0.29, 0.717) is 18.8 Å². The van der Waals surface area contributed by atoms with Crippen molar-refractivity contribution < 1.29 is 13.9 Å². The van der Waals surface area contributed by atoms with Crippen molar-refractivity contribution in [3.05, 3.63) is 0 Å². The van der Waals surface area contributed by atoms with Crippen LogP contribution in [0, 0.1) is 5.92 Å². The highest BCUT2D eigenvalue weighted by atomic mass is 19.1. The average Bonchev–Trinajstić information content (AvgIpc) is 2.49. The average molecular weight is 201 g/mol. The van der Waals surface area contributed by atoms with Gasteiger partial charge in [0, 0.05) is 25.9 Å². The van der Waals surface area contributed by atoms with Gasteiger partial charge in [-0.25, -0.2) is 9.18 Å². The second kappa shape index (κ2) is 3.75. The Morgan fingerprint density at radius 2 is 2.21 bits per heavy atom. The van der Waals surface area contributed by atoms with Crippen molar-refractivity contribution >= 4 is 6.09 Å². The molecule has 3 nitrogen and oxygen atoms in total. The first-order valence-corrected chi connectivity index (χ1v) is 5.25. The first kappa shape index (κ1) is 9.74. The lowest BCUT2D eigenvalue weighted by atomic mass is 9.94. The normalized spacial score (nSPS) is 36.7. The first-order chi connectivity index (χ1) is 6.65. The lowest BCUT2D eigenvalue weighted by Gasteiger charge is -2.30. The van der Waals surface area contributed by atoms with Gasteiger partial charge in [0.15, 0.2) is 0 Å². The summed E-state index contributed by atoms with van der Waals surface area (Å²) in [4.78, 5) is 13.2. The zero-order valence-corrected chi connectivity index (χ0v) is 8.41. The summed E-state index contributed by atoms with van der Waals surface area (Å²) >= 11 is 0. The minimum Gasteiger partial charge on any atom is -0.446 e. The molecule has 1 saturated carbocycles. The molecule has 1 amide bonds. The summed E-state index contributed by atoms with van der Waals surface area (Å²) < 4.78 is 17.6. The molecule has 0 N–H and O–H groups in total. The van der Waals surface area contributed by atoms with Crippen molar-refractivity contribution in [2.24, 2.45) is 5.92 Å². The molecule has 1 heterocycles. The fourth-order valence-corrected chi connectivity index (χ4v) is 1.92. The molecule has 2 rings (SSSR count). The molecule has 0 aromatic heterocycles. The number of hydrogen-bond donors (Lipinski definition) is 0. The van der Waals surface area contributed by atoms with Crippen LogP contribution in [0.25, 0.3) is 0 Å². The van der Waals surface area contributed by atoms with Crippen LogP contribution in [0.4, 0.5) is 9.18 Å². The van der Waals surface area contributed by atoms with E-state index < -0.39 is 6.17 Å². The fourth-order valence-electron chi connectivity index (χ4n) is 1.92. The van der Waals surface area contributed by atoms with Gasteiger partial charge in [-0.05, 0) is 12.3 Å². The van der Waals surface area contributed by atoms with Gasteiger partial charge in [-0.3, -0.25) is 0 Å². The summed E-state index contributed by atoms with van der Waals surface area (Å²) in [5.41, 5.74) is 0. The highest BCUT2D eigenvalue weighted by Crippen LogP contribution is 2.27. The molecule has 1 aliphatic carbocycles. The van der Waals surface area contributed by atoms with Gasteiger partial charge in [0.25, 0.3) is 0 Å². The maximum Gasteiger partial charge on any atom is 0.410 e. The van der Waals surface area contributed by atoms with Crippen molar-refractivity contribution in [1.29, 1.82) is 0 Å². The van der Waals surface area contributed by atoms with Gasteiger partial charge >= 0.3 is 6.09 Å². The smallest absolute Gasteiger partial charge is 0.410 e. The van der Waals surface area contributed by atoms with Crippen molar-refractivity contribution in [2.45, 2.75) is 38.5 Å². The van der Waals surface area contributed by atoms with Crippen LogP contribution in [0.3, 0.4) is 0 Å². The molecule has 1 atom stereocenters. The standard InChI is InChI=1S/C10H16FNO2/c1-7-2-3-12(6-7)10(13)14-9-4-8(11)5-9/h7-9H,2-6H2,1H3. The van der Waals surface area contributed by atoms with E-state index in [2.05, 4.69) is 6.92 Å². The molecule has 14 heavy (non-hydrogen) atoms. The van der Waals surface area contributed by atoms with Gasteiger partial charge in [0.05, 0.1) is 0 Å². The second-order valence-corrected chi connectivity index (χ2v) is 4.41. The largest absolute Gasteiger partial charge is 0.446 e. The lowest BCUT2D eigenvalue weighted by Crippen LogP contribution is -2.39. The Morgan fingerprint density at radius 1 is 1.50 bits per heavy atom. The van der Waals surface area contributed by atoms with Gasteiger partial charge in [-0.2, -0.15) is 0 Å². The van der Waals surface area contributed by atoms with Crippen LogP contribution < -0.4 is 0 Å². The van der Waals surface area contributed by atoms with E-state index in [9.17, 15) is 9.18 Å². The lowest BCUT2D eigenvalue weighted by molar-refractivity contribution is -0.0106. The molecule has 0 aromatic rings. The van der Waals surface area contributed by atoms with Crippen LogP contribution in [0.1, 0.15) is 26.2 Å². The second-order valence-electron chi connectivity index (χ2n) is 4.41. The number of amides is 1. The molecule has 0 radical (unpaired) electrons. The van der Waals surface area contributed by atoms with Crippen molar-refractivity contribution in [3.63, 3.8) is 0 Å². The molecule has 0 spiro atoms. The number of rotatable bonds is 1. The highest BCUT2D eigenvalue weighted by Gasteiger charge is 2.34. The summed E-state index contributed by atoms with van der Waals surface area (Å²) in [6, 6.07) is 0. The van der Waals surface area contributed by atoms with Crippen LogP contribution in [-0.4, -0.2) is 36.4 Å². The zero-order valence-electron chi connectivity index (χ0n) is 8.41. The first-order valence-electron chi connectivity index (χ1n) is 5.25. The van der Waals surface area contributed by atoms with E-state index in [4.69, 9.17) is 4.74 Å². The Morgan fingerprint density at radius 3 is 2.71 bits per heavy atom. The van der Waals surface area contributed by atoms with Crippen LogP contribution in [0.2, 0.25) is 0 Å². The van der Waals surface area contributed by atoms with E-state index >= 15 is 0 Å². The Balaban J connectivity index is 1.73. The third-order valence-corrected chi connectivity index (χ3v) is 2.99. The minimum atomic E-state index is -0.759. The third kappa shape index (κ3) is 1.99. The molecule has 1 saturated heterocycles. The molecular formula is C10H16FNO2. The van der Waals surface area contributed by atoms with E-state index in [1.165, 1.54) is 0 Å². The van der Waals surface area contributed by atoms with E-state index in [-0.39, 0.29) is 12.2 Å². The molecule has 0 bridgehead atoms. The Bertz CT molecular complexity index is 228. The van der Waals surface area contributed by atoms with Crippen LogP contribution in [-0.2, 0) is 4.74 Å². The van der Waals surface area contributed by atoms with E-state index in [0.717, 1.165) is 19.5 Å². The fraction of sp³-hybridized carbons (Fsp3) is 0.900. The Hall–Kier alpha value is -0.800. The Labute approximate surface area is 83.2 Å². The SMILES string of the molecule is CC1CCN(C(=O)OC2CC(F)C2)C1. The number of alkyl halides is 1. The number of ether oxygens (including phenoxy) is 1. The number of carbonyl (C=O) groups is 1. The van der Waals surface area contributed by atoms with Gasteiger partial charge in [0.1, 0.15) is 12.3 Å². The number of halogens is 1. The minimum absolute atomic E-state index is 0.173. The van der Waals surface area contributed by atoms with Crippen LogP contribution >= 0.6 is 0 Å². The number of likely N-dealkylation sites (tertiary alicyclic amines) is 1. The summed E-state index contributed by atoms with van der Waals surface area (Å²) in [5.74, 6) is 0.567. The van der Waals surface area contributed by atoms with Crippen molar-refractivity contribution in [2.75, 3.05) is 13.1 Å². The van der Waals surface area contributed by atoms with Gasteiger partial charge in [-0.1, -0.05) is 6.92 Å². The monoisotopic (exact) mass is 201 g/mol. The predicted octanol–water partition coefficient (Wildman–Crippen LogP) is 1.97. The predicted molar refractivity (Wildman–Crippen MR) is 49.8 cm³/mol. The third-order valence-electron chi connectivity index (χ3n) is 2.99. The quantitative estimate of drug-likeness (QED) is 0.649. The molecule has 2 aliphatic rings. The summed E-state index contributed by atoms with van der Waals surface area (Å²) in [7, 11) is 0. The maximum absolute atomic E-state index is 12.5. The number of hydrogen-bond acceptors (Lipinski definition) is 2.